The van der Waals surface area contributed by atoms with Gasteiger partial charge in [0.05, 0.1) is 23.5 Å². The van der Waals surface area contributed by atoms with E-state index in [0.29, 0.717) is 35.1 Å². The molecule has 0 aliphatic rings. The standard InChI is InChI=1S/C22H16N4O2/c23-13-16-8-10-18(11-9-16)28-21-14-25-26-22(21)19-6-1-2-7-20(19)27-15-17-5-3-4-12-24-17/h1-12,14H,15H2,(H,25,26). The fourth-order valence-corrected chi connectivity index (χ4v) is 2.70. The van der Waals surface area contributed by atoms with Gasteiger partial charge in [-0.1, -0.05) is 18.2 Å². The molecule has 2 heterocycles. The average molecular weight is 368 g/mol. The van der Waals surface area contributed by atoms with Crippen molar-refractivity contribution in [2.24, 2.45) is 0 Å². The van der Waals surface area contributed by atoms with Crippen molar-refractivity contribution in [2.45, 2.75) is 6.61 Å². The van der Waals surface area contributed by atoms with Crippen LogP contribution in [-0.2, 0) is 6.61 Å². The third-order valence-corrected chi connectivity index (χ3v) is 4.06. The van der Waals surface area contributed by atoms with E-state index < -0.39 is 0 Å². The van der Waals surface area contributed by atoms with Crippen LogP contribution in [0.2, 0.25) is 0 Å². The highest BCUT2D eigenvalue weighted by Gasteiger charge is 2.15. The Balaban J connectivity index is 1.58. The van der Waals surface area contributed by atoms with Crippen molar-refractivity contribution >= 4 is 0 Å². The van der Waals surface area contributed by atoms with E-state index in [-0.39, 0.29) is 0 Å². The first-order valence-corrected chi connectivity index (χ1v) is 8.67. The topological polar surface area (TPSA) is 83.8 Å². The summed E-state index contributed by atoms with van der Waals surface area (Å²) in [7, 11) is 0. The first-order valence-electron chi connectivity index (χ1n) is 8.67. The van der Waals surface area contributed by atoms with Gasteiger partial charge in [0.15, 0.2) is 5.75 Å². The number of nitrogens with one attached hydrogen (secondary N) is 1. The van der Waals surface area contributed by atoms with Gasteiger partial charge in [0, 0.05) is 11.8 Å². The summed E-state index contributed by atoms with van der Waals surface area (Å²) in [5, 5.41) is 16.1. The Bertz CT molecular complexity index is 1100. The van der Waals surface area contributed by atoms with Gasteiger partial charge < -0.3 is 9.47 Å². The second-order valence-electron chi connectivity index (χ2n) is 5.94. The number of aromatic nitrogens is 3. The second kappa shape index (κ2) is 8.06. The van der Waals surface area contributed by atoms with E-state index in [1.165, 1.54) is 0 Å². The van der Waals surface area contributed by atoms with Crippen LogP contribution in [0.25, 0.3) is 11.3 Å². The Kier molecular flexibility index (Phi) is 4.98. The van der Waals surface area contributed by atoms with E-state index in [0.717, 1.165) is 11.3 Å². The smallest absolute Gasteiger partial charge is 0.173 e. The van der Waals surface area contributed by atoms with Crippen LogP contribution in [0, 0.1) is 11.3 Å². The van der Waals surface area contributed by atoms with Crippen LogP contribution in [0.15, 0.2) is 79.1 Å². The average Bonchev–Trinajstić information content (AvgIpc) is 3.21. The first kappa shape index (κ1) is 17.3. The molecular formula is C22H16N4O2. The third kappa shape index (κ3) is 3.84. The zero-order valence-corrected chi connectivity index (χ0v) is 14.9. The number of hydrogen-bond acceptors (Lipinski definition) is 5. The van der Waals surface area contributed by atoms with E-state index in [2.05, 4.69) is 21.3 Å². The molecule has 0 amide bonds. The molecule has 0 aliphatic carbocycles. The number of pyridine rings is 1. The van der Waals surface area contributed by atoms with Crippen LogP contribution in [-0.4, -0.2) is 15.2 Å². The number of rotatable bonds is 6. The first-order chi connectivity index (χ1) is 13.8. The molecule has 0 saturated carbocycles. The molecule has 4 rings (SSSR count). The SMILES string of the molecule is N#Cc1ccc(Oc2c[nH]nc2-c2ccccc2OCc2ccccn2)cc1. The number of ether oxygens (including phenoxy) is 2. The number of nitrogens with zero attached hydrogens (tertiary/aromatic N) is 3. The molecule has 2 aromatic heterocycles. The summed E-state index contributed by atoms with van der Waals surface area (Å²) in [5.41, 5.74) is 2.87. The molecular weight excluding hydrogens is 352 g/mol. The molecule has 0 aliphatic heterocycles. The lowest BCUT2D eigenvalue weighted by Crippen LogP contribution is -1.99. The van der Waals surface area contributed by atoms with Gasteiger partial charge in [-0.05, 0) is 48.5 Å². The van der Waals surface area contributed by atoms with Crippen LogP contribution in [0.5, 0.6) is 17.2 Å². The van der Waals surface area contributed by atoms with Gasteiger partial charge in [-0.2, -0.15) is 10.4 Å². The molecule has 0 bridgehead atoms. The van der Waals surface area contributed by atoms with Crippen LogP contribution >= 0.6 is 0 Å². The minimum absolute atomic E-state index is 0.355. The van der Waals surface area contributed by atoms with Crippen molar-refractivity contribution in [1.82, 2.24) is 15.2 Å². The molecule has 4 aromatic rings. The van der Waals surface area contributed by atoms with E-state index in [4.69, 9.17) is 14.7 Å². The van der Waals surface area contributed by atoms with E-state index in [1.807, 2.05) is 42.5 Å². The lowest BCUT2D eigenvalue weighted by atomic mass is 10.1. The minimum Gasteiger partial charge on any atom is -0.487 e. The molecule has 1 N–H and O–H groups in total. The zero-order chi connectivity index (χ0) is 19.2. The Morgan fingerprint density at radius 1 is 0.929 bits per heavy atom. The lowest BCUT2D eigenvalue weighted by molar-refractivity contribution is 0.302. The van der Waals surface area contributed by atoms with E-state index in [9.17, 15) is 0 Å². The maximum atomic E-state index is 8.92. The predicted octanol–water partition coefficient (Wildman–Crippen LogP) is 4.71. The molecule has 6 nitrogen and oxygen atoms in total. The molecule has 2 aromatic carbocycles. The minimum atomic E-state index is 0.355. The number of nitriles is 1. The van der Waals surface area contributed by atoms with Gasteiger partial charge in [0.2, 0.25) is 0 Å². The molecule has 0 fully saturated rings. The Morgan fingerprint density at radius 2 is 1.75 bits per heavy atom. The Labute approximate surface area is 162 Å². The van der Waals surface area contributed by atoms with Crippen molar-refractivity contribution in [1.29, 1.82) is 5.26 Å². The highest BCUT2D eigenvalue weighted by molar-refractivity contribution is 5.72. The fourth-order valence-electron chi connectivity index (χ4n) is 2.70. The van der Waals surface area contributed by atoms with Gasteiger partial charge in [-0.15, -0.1) is 0 Å². The number of H-pyrrole nitrogens is 1. The largest absolute Gasteiger partial charge is 0.487 e. The van der Waals surface area contributed by atoms with Gasteiger partial charge in [0.25, 0.3) is 0 Å². The van der Waals surface area contributed by atoms with E-state index >= 15 is 0 Å². The highest BCUT2D eigenvalue weighted by Crippen LogP contribution is 2.36. The summed E-state index contributed by atoms with van der Waals surface area (Å²) >= 11 is 0. The van der Waals surface area contributed by atoms with Crippen molar-refractivity contribution in [3.8, 4) is 34.6 Å². The Morgan fingerprint density at radius 3 is 2.54 bits per heavy atom. The molecule has 136 valence electrons. The van der Waals surface area contributed by atoms with Gasteiger partial charge in [-0.3, -0.25) is 10.1 Å². The van der Waals surface area contributed by atoms with E-state index in [1.54, 1.807) is 36.7 Å². The summed E-state index contributed by atoms with van der Waals surface area (Å²) < 4.78 is 11.9. The maximum Gasteiger partial charge on any atom is 0.173 e. The van der Waals surface area contributed by atoms with Crippen molar-refractivity contribution in [3.63, 3.8) is 0 Å². The summed E-state index contributed by atoms with van der Waals surface area (Å²) in [6.45, 7) is 0.355. The van der Waals surface area contributed by atoms with Crippen LogP contribution in [0.3, 0.4) is 0 Å². The summed E-state index contributed by atoms with van der Waals surface area (Å²) in [6.07, 6.45) is 3.42. The molecule has 0 unspecified atom stereocenters. The molecule has 0 atom stereocenters. The summed E-state index contributed by atoms with van der Waals surface area (Å²) in [4.78, 5) is 4.28. The number of para-hydroxylation sites is 1. The molecule has 6 heteroatoms. The highest BCUT2D eigenvalue weighted by atomic mass is 16.5. The predicted molar refractivity (Wildman–Crippen MR) is 104 cm³/mol. The second-order valence-corrected chi connectivity index (χ2v) is 5.94. The van der Waals surface area contributed by atoms with Crippen molar-refractivity contribution in [2.75, 3.05) is 0 Å². The quantitative estimate of drug-likeness (QED) is 0.533. The third-order valence-electron chi connectivity index (χ3n) is 4.06. The van der Waals surface area contributed by atoms with Gasteiger partial charge >= 0.3 is 0 Å². The summed E-state index contributed by atoms with van der Waals surface area (Å²) in [6, 6.07) is 22.4. The van der Waals surface area contributed by atoms with Crippen LogP contribution in [0.1, 0.15) is 11.3 Å². The Hall–Kier alpha value is -4.11. The maximum absolute atomic E-state index is 8.92. The van der Waals surface area contributed by atoms with Crippen LogP contribution in [0.4, 0.5) is 0 Å². The van der Waals surface area contributed by atoms with Crippen LogP contribution < -0.4 is 9.47 Å². The van der Waals surface area contributed by atoms with Crippen molar-refractivity contribution < 1.29 is 9.47 Å². The summed E-state index contributed by atoms with van der Waals surface area (Å²) in [5.74, 6) is 1.87. The number of hydrogen-bond donors (Lipinski definition) is 1. The number of aromatic amines is 1. The fraction of sp³-hybridized carbons (Fsp3) is 0.0455. The molecule has 28 heavy (non-hydrogen) atoms. The lowest BCUT2D eigenvalue weighted by Gasteiger charge is -2.11. The zero-order valence-electron chi connectivity index (χ0n) is 14.9. The molecule has 0 radical (unpaired) electrons. The van der Waals surface area contributed by atoms with Gasteiger partial charge in [-0.25, -0.2) is 0 Å². The van der Waals surface area contributed by atoms with Gasteiger partial charge in [0.1, 0.15) is 23.8 Å². The monoisotopic (exact) mass is 368 g/mol. The molecule has 0 saturated heterocycles. The normalized spacial score (nSPS) is 10.2. The number of benzene rings is 2. The van der Waals surface area contributed by atoms with Crippen molar-refractivity contribution in [3.05, 3.63) is 90.4 Å². The molecule has 0 spiro atoms.